The minimum atomic E-state index is -0.453. The Balaban J connectivity index is 1.87. The Kier molecular flexibility index (Phi) is 5.68. The Morgan fingerprint density at radius 1 is 1.10 bits per heavy atom. The van der Waals surface area contributed by atoms with Crippen LogP contribution in [0.1, 0.15) is 12.5 Å². The van der Waals surface area contributed by atoms with Gasteiger partial charge in [0.15, 0.2) is 0 Å². The molecule has 156 valence electrons. The number of anilines is 4. The van der Waals surface area contributed by atoms with E-state index in [-0.39, 0.29) is 17.3 Å². The van der Waals surface area contributed by atoms with Crippen LogP contribution in [-0.4, -0.2) is 21.4 Å². The minimum absolute atomic E-state index is 0.110. The van der Waals surface area contributed by atoms with Crippen molar-refractivity contribution in [1.29, 1.82) is 0 Å². The average Bonchev–Trinajstić information content (AvgIpc) is 2.77. The first-order valence-corrected chi connectivity index (χ1v) is 10.1. The van der Waals surface area contributed by atoms with Gasteiger partial charge in [0.1, 0.15) is 6.33 Å². The Bertz CT molecular complexity index is 1270. The minimum Gasteiger partial charge on any atom is -0.334 e. The van der Waals surface area contributed by atoms with Crippen molar-refractivity contribution in [3.63, 3.8) is 0 Å². The van der Waals surface area contributed by atoms with Crippen LogP contribution in [-0.2, 0) is 0 Å². The molecule has 8 heteroatoms. The van der Waals surface area contributed by atoms with E-state index in [1.165, 1.54) is 6.33 Å². The number of hydrogen-bond donors (Lipinski definition) is 1. The molecule has 0 unspecified atom stereocenters. The fourth-order valence-electron chi connectivity index (χ4n) is 3.56. The van der Waals surface area contributed by atoms with Gasteiger partial charge >= 0.3 is 5.69 Å². The quantitative estimate of drug-likeness (QED) is 0.279. The van der Waals surface area contributed by atoms with Crippen molar-refractivity contribution in [3.05, 3.63) is 87.7 Å². The molecular formula is C23H20ClN5O2. The van der Waals surface area contributed by atoms with Gasteiger partial charge in [-0.15, -0.1) is 0 Å². The molecule has 0 amide bonds. The summed E-state index contributed by atoms with van der Waals surface area (Å²) in [6.07, 6.45) is 1.33. The molecular weight excluding hydrogens is 414 g/mol. The van der Waals surface area contributed by atoms with Crippen LogP contribution in [0.5, 0.6) is 0 Å². The second-order valence-electron chi connectivity index (χ2n) is 6.98. The van der Waals surface area contributed by atoms with Crippen LogP contribution in [0.3, 0.4) is 0 Å². The third-order valence-corrected chi connectivity index (χ3v) is 5.30. The third-order valence-electron chi connectivity index (χ3n) is 5.07. The first-order valence-electron chi connectivity index (χ1n) is 9.77. The number of fused-ring (bicyclic) bond motifs is 1. The molecule has 0 fully saturated rings. The summed E-state index contributed by atoms with van der Waals surface area (Å²) in [5.41, 5.74) is 2.18. The topological polar surface area (TPSA) is 84.2 Å². The molecule has 1 aromatic heterocycles. The molecule has 7 nitrogen and oxygen atoms in total. The monoisotopic (exact) mass is 433 g/mol. The van der Waals surface area contributed by atoms with Gasteiger partial charge in [0.2, 0.25) is 11.6 Å². The fraction of sp³-hybridized carbons (Fsp3) is 0.130. The Hall–Kier alpha value is -3.71. The molecule has 1 N–H and O–H groups in total. The van der Waals surface area contributed by atoms with E-state index >= 15 is 0 Å². The lowest BCUT2D eigenvalue weighted by Crippen LogP contribution is -2.20. The van der Waals surface area contributed by atoms with E-state index in [1.807, 2.05) is 67.3 Å². The number of aryl methyl sites for hydroxylation is 1. The number of halogens is 1. The van der Waals surface area contributed by atoms with E-state index in [0.717, 1.165) is 22.0 Å². The summed E-state index contributed by atoms with van der Waals surface area (Å²) < 4.78 is 0. The lowest BCUT2D eigenvalue weighted by atomic mass is 10.1. The van der Waals surface area contributed by atoms with Gasteiger partial charge in [0.25, 0.3) is 0 Å². The van der Waals surface area contributed by atoms with E-state index in [9.17, 15) is 10.1 Å². The van der Waals surface area contributed by atoms with Gasteiger partial charge in [-0.1, -0.05) is 54.1 Å². The lowest BCUT2D eigenvalue weighted by Gasteiger charge is -2.24. The zero-order valence-corrected chi connectivity index (χ0v) is 17.8. The summed E-state index contributed by atoms with van der Waals surface area (Å²) in [6, 6.07) is 19.1. The zero-order chi connectivity index (χ0) is 22.0. The number of nitro groups is 1. The van der Waals surface area contributed by atoms with Crippen LogP contribution in [0.25, 0.3) is 10.8 Å². The summed E-state index contributed by atoms with van der Waals surface area (Å²) in [5, 5.41) is 17.8. The molecule has 0 aliphatic carbocycles. The molecule has 4 rings (SSSR count). The van der Waals surface area contributed by atoms with E-state index in [1.54, 1.807) is 12.1 Å². The van der Waals surface area contributed by atoms with Crippen LogP contribution in [0.4, 0.5) is 28.7 Å². The number of rotatable bonds is 6. The van der Waals surface area contributed by atoms with Crippen molar-refractivity contribution in [2.75, 3.05) is 16.8 Å². The van der Waals surface area contributed by atoms with Crippen LogP contribution in [0, 0.1) is 17.0 Å². The Morgan fingerprint density at radius 3 is 2.65 bits per heavy atom. The van der Waals surface area contributed by atoms with Crippen molar-refractivity contribution in [2.45, 2.75) is 13.8 Å². The molecule has 0 spiro atoms. The molecule has 0 bridgehead atoms. The summed E-state index contributed by atoms with van der Waals surface area (Å²) in [7, 11) is 0. The molecule has 4 aromatic rings. The van der Waals surface area contributed by atoms with E-state index in [0.29, 0.717) is 17.3 Å². The predicted octanol–water partition coefficient (Wildman–Crippen LogP) is 6.40. The smallest absolute Gasteiger partial charge is 0.334 e. The second-order valence-corrected chi connectivity index (χ2v) is 7.41. The largest absolute Gasteiger partial charge is 0.354 e. The van der Waals surface area contributed by atoms with E-state index < -0.39 is 4.92 Å². The van der Waals surface area contributed by atoms with Gasteiger partial charge in [-0.3, -0.25) is 10.1 Å². The molecule has 0 atom stereocenters. The highest BCUT2D eigenvalue weighted by atomic mass is 35.5. The van der Waals surface area contributed by atoms with Gasteiger partial charge in [0, 0.05) is 22.6 Å². The number of benzene rings is 3. The molecule has 0 saturated carbocycles. The number of nitrogens with one attached hydrogen (secondary N) is 1. The van der Waals surface area contributed by atoms with E-state index in [4.69, 9.17) is 11.6 Å². The first kappa shape index (κ1) is 20.6. The number of nitrogens with zero attached hydrogens (tertiary/aromatic N) is 4. The number of hydrogen-bond acceptors (Lipinski definition) is 6. The normalized spacial score (nSPS) is 10.8. The van der Waals surface area contributed by atoms with Crippen molar-refractivity contribution < 1.29 is 4.92 Å². The molecule has 0 aliphatic rings. The van der Waals surface area contributed by atoms with Crippen LogP contribution >= 0.6 is 11.6 Å². The Morgan fingerprint density at radius 2 is 1.87 bits per heavy atom. The van der Waals surface area contributed by atoms with Gasteiger partial charge in [-0.2, -0.15) is 0 Å². The molecule has 0 radical (unpaired) electrons. The number of aromatic nitrogens is 2. The fourth-order valence-corrected chi connectivity index (χ4v) is 3.73. The third kappa shape index (κ3) is 4.00. The molecule has 0 saturated heterocycles. The van der Waals surface area contributed by atoms with Crippen molar-refractivity contribution in [3.8, 4) is 0 Å². The van der Waals surface area contributed by atoms with Crippen molar-refractivity contribution in [1.82, 2.24) is 9.97 Å². The first-order chi connectivity index (χ1) is 15.0. The summed E-state index contributed by atoms with van der Waals surface area (Å²) in [6.45, 7) is 4.31. The molecule has 0 aliphatic heterocycles. The highest BCUT2D eigenvalue weighted by Gasteiger charge is 2.28. The highest BCUT2D eigenvalue weighted by Crippen LogP contribution is 2.39. The SMILES string of the molecule is CCN(c1ncnc(Nc2cc(Cl)ccc2C)c1[N+](=O)[O-])c1cccc2ccccc12. The molecule has 31 heavy (non-hydrogen) atoms. The van der Waals surface area contributed by atoms with Crippen LogP contribution in [0.15, 0.2) is 67.0 Å². The van der Waals surface area contributed by atoms with Crippen LogP contribution < -0.4 is 10.2 Å². The predicted molar refractivity (Wildman–Crippen MR) is 125 cm³/mol. The summed E-state index contributed by atoms with van der Waals surface area (Å²) in [4.78, 5) is 22.0. The van der Waals surface area contributed by atoms with Crippen LogP contribution in [0.2, 0.25) is 5.02 Å². The maximum Gasteiger partial charge on any atom is 0.354 e. The molecule has 1 heterocycles. The summed E-state index contributed by atoms with van der Waals surface area (Å²) in [5.74, 6) is 0.333. The molecule has 3 aromatic carbocycles. The van der Waals surface area contributed by atoms with Gasteiger partial charge < -0.3 is 10.2 Å². The zero-order valence-electron chi connectivity index (χ0n) is 17.0. The summed E-state index contributed by atoms with van der Waals surface area (Å²) >= 11 is 6.11. The average molecular weight is 434 g/mol. The second kappa shape index (κ2) is 8.57. The lowest BCUT2D eigenvalue weighted by molar-refractivity contribution is -0.383. The van der Waals surface area contributed by atoms with E-state index in [2.05, 4.69) is 15.3 Å². The van der Waals surface area contributed by atoms with Gasteiger partial charge in [-0.25, -0.2) is 9.97 Å². The van der Waals surface area contributed by atoms with Crippen molar-refractivity contribution in [2.24, 2.45) is 0 Å². The van der Waals surface area contributed by atoms with Gasteiger partial charge in [0.05, 0.1) is 10.6 Å². The Labute approximate surface area is 184 Å². The highest BCUT2D eigenvalue weighted by molar-refractivity contribution is 6.30. The van der Waals surface area contributed by atoms with Crippen molar-refractivity contribution >= 4 is 51.1 Å². The maximum absolute atomic E-state index is 12.1. The maximum atomic E-state index is 12.1. The van der Waals surface area contributed by atoms with Gasteiger partial charge in [-0.05, 0) is 43.0 Å². The standard InChI is InChI=1S/C23H20ClN5O2/c1-3-28(20-10-6-8-16-7-4-5-9-18(16)20)23-21(29(30)31)22(25-14-26-23)27-19-13-17(24)12-11-15(19)2/h4-14H,3H2,1-2H3,(H,25,26,27).